The number of aryl methyl sites for hydroxylation is 2. The molecule has 7 nitrogen and oxygen atoms in total. The van der Waals surface area contributed by atoms with Gasteiger partial charge in [-0.2, -0.15) is 13.2 Å². The van der Waals surface area contributed by atoms with Crippen LogP contribution in [0.5, 0.6) is 17.2 Å². The predicted molar refractivity (Wildman–Crippen MR) is 172 cm³/mol. The average molecular weight is 655 g/mol. The number of unbranched alkanes of at least 4 members (excludes halogenated alkanes) is 6. The maximum absolute atomic E-state index is 14.0. The summed E-state index contributed by atoms with van der Waals surface area (Å²) in [5, 5.41) is 0. The lowest BCUT2D eigenvalue weighted by molar-refractivity contribution is -0.139. The monoisotopic (exact) mass is 654 g/mol. The Morgan fingerprint density at radius 1 is 0.745 bits per heavy atom. The summed E-state index contributed by atoms with van der Waals surface area (Å²) in [5.74, 6) is -2.53. The molecule has 0 aliphatic heterocycles. The lowest BCUT2D eigenvalue weighted by Crippen LogP contribution is -2.16. The van der Waals surface area contributed by atoms with Crippen LogP contribution in [0.4, 0.5) is 13.2 Å². The summed E-state index contributed by atoms with van der Waals surface area (Å²) >= 11 is 0. The molecule has 0 amide bonds. The highest BCUT2D eigenvalue weighted by atomic mass is 19.4. The summed E-state index contributed by atoms with van der Waals surface area (Å²) in [6, 6.07) is 13.9. The van der Waals surface area contributed by atoms with Crippen LogP contribution in [0.25, 0.3) is 0 Å². The quantitative estimate of drug-likeness (QED) is 0.0585. The van der Waals surface area contributed by atoms with Gasteiger partial charge in [-0.3, -0.25) is 0 Å². The van der Waals surface area contributed by atoms with Gasteiger partial charge in [-0.05, 0) is 92.3 Å². The van der Waals surface area contributed by atoms with E-state index in [0.29, 0.717) is 36.8 Å². The maximum Gasteiger partial charge on any atom is 0.420 e. The normalized spacial score (nSPS) is 11.1. The van der Waals surface area contributed by atoms with Crippen molar-refractivity contribution in [2.75, 3.05) is 13.2 Å². The van der Waals surface area contributed by atoms with Gasteiger partial charge in [0.25, 0.3) is 0 Å². The molecule has 0 aromatic heterocycles. The van der Waals surface area contributed by atoms with Gasteiger partial charge in [0, 0.05) is 6.08 Å². The van der Waals surface area contributed by atoms with Crippen LogP contribution in [-0.4, -0.2) is 31.1 Å². The Bertz CT molecular complexity index is 1500. The minimum atomic E-state index is -4.91. The Morgan fingerprint density at radius 2 is 1.36 bits per heavy atom. The van der Waals surface area contributed by atoms with E-state index in [4.69, 9.17) is 18.9 Å². The summed E-state index contributed by atoms with van der Waals surface area (Å²) in [6.07, 6.45) is 5.31. The van der Waals surface area contributed by atoms with Crippen LogP contribution in [0.3, 0.4) is 0 Å². The molecule has 0 unspecified atom stereocenters. The molecule has 0 spiro atoms. The smallest absolute Gasteiger partial charge is 0.420 e. The van der Waals surface area contributed by atoms with Gasteiger partial charge in [-0.25, -0.2) is 14.4 Å². The topological polar surface area (TPSA) is 88.1 Å². The van der Waals surface area contributed by atoms with E-state index in [2.05, 4.69) is 13.5 Å². The molecule has 0 bridgehead atoms. The minimum Gasteiger partial charge on any atom is -0.493 e. The first-order valence-corrected chi connectivity index (χ1v) is 15.8. The molecular formula is C37H41F3O7. The number of carbonyl (C=O) groups excluding carboxylic acids is 3. The third-order valence-corrected chi connectivity index (χ3v) is 7.29. The number of alkyl halides is 3. The SMILES string of the molecule is C=CC(=O)OCCCCOc1ccc(C(=O)Oc2ccc(C(=O)Oc3ccc(CCCCCCCC)cc3)cc2C(F)(F)F)cc1C. The first-order valence-electron chi connectivity index (χ1n) is 15.8. The summed E-state index contributed by atoms with van der Waals surface area (Å²) in [4.78, 5) is 36.6. The molecule has 252 valence electrons. The summed E-state index contributed by atoms with van der Waals surface area (Å²) < 4.78 is 63.0. The van der Waals surface area contributed by atoms with Gasteiger partial charge in [0.2, 0.25) is 0 Å². The van der Waals surface area contributed by atoms with E-state index in [9.17, 15) is 27.6 Å². The standard InChI is InChI=1S/C37H41F3O7/c1-4-6-7-8-9-10-13-27-14-18-30(19-15-27)46-35(42)29-17-21-33(31(25-29)37(38,39)40)47-36(43)28-16-20-32(26(3)24-28)44-22-11-12-23-45-34(41)5-2/h5,14-21,24-25H,2,4,6-13,22-23H2,1,3H3. The number of halogens is 3. The van der Waals surface area contributed by atoms with Crippen molar-refractivity contribution in [1.82, 2.24) is 0 Å². The van der Waals surface area contributed by atoms with E-state index < -0.39 is 35.4 Å². The lowest BCUT2D eigenvalue weighted by Gasteiger charge is -2.15. The molecular weight excluding hydrogens is 613 g/mol. The fourth-order valence-electron chi connectivity index (χ4n) is 4.68. The highest BCUT2D eigenvalue weighted by Gasteiger charge is 2.36. The number of ether oxygens (including phenoxy) is 4. The Balaban J connectivity index is 1.59. The molecule has 3 rings (SSSR count). The summed E-state index contributed by atoms with van der Waals surface area (Å²) in [7, 11) is 0. The maximum atomic E-state index is 14.0. The van der Waals surface area contributed by atoms with Crippen molar-refractivity contribution in [3.63, 3.8) is 0 Å². The van der Waals surface area contributed by atoms with Gasteiger partial charge in [0.05, 0.1) is 29.9 Å². The molecule has 0 heterocycles. The molecule has 3 aromatic carbocycles. The van der Waals surface area contributed by atoms with Crippen LogP contribution in [-0.2, 0) is 22.1 Å². The van der Waals surface area contributed by atoms with Crippen LogP contribution < -0.4 is 14.2 Å². The fraction of sp³-hybridized carbons (Fsp3) is 0.378. The molecule has 0 aliphatic rings. The van der Waals surface area contributed by atoms with Crippen molar-refractivity contribution >= 4 is 17.9 Å². The lowest BCUT2D eigenvalue weighted by atomic mass is 10.0. The Kier molecular flexibility index (Phi) is 14.5. The predicted octanol–water partition coefficient (Wildman–Crippen LogP) is 9.24. The van der Waals surface area contributed by atoms with Gasteiger partial charge < -0.3 is 18.9 Å². The number of benzene rings is 3. The molecule has 0 fully saturated rings. The third-order valence-electron chi connectivity index (χ3n) is 7.29. The first kappa shape index (κ1) is 36.9. The van der Waals surface area contributed by atoms with Gasteiger partial charge >= 0.3 is 24.1 Å². The van der Waals surface area contributed by atoms with Crippen LogP contribution >= 0.6 is 0 Å². The second kappa shape index (κ2) is 18.5. The number of carbonyl (C=O) groups is 3. The third kappa shape index (κ3) is 12.3. The van der Waals surface area contributed by atoms with Crippen LogP contribution in [0.2, 0.25) is 0 Å². The molecule has 0 saturated carbocycles. The molecule has 47 heavy (non-hydrogen) atoms. The highest BCUT2D eigenvalue weighted by molar-refractivity contribution is 5.93. The van der Waals surface area contributed by atoms with E-state index in [1.807, 2.05) is 12.1 Å². The molecule has 0 N–H and O–H groups in total. The zero-order chi connectivity index (χ0) is 34.2. The molecule has 0 atom stereocenters. The molecule has 0 aliphatic carbocycles. The second-order valence-corrected chi connectivity index (χ2v) is 11.1. The van der Waals surface area contributed by atoms with Gasteiger partial charge in [-0.15, -0.1) is 0 Å². The van der Waals surface area contributed by atoms with Gasteiger partial charge in [-0.1, -0.05) is 57.7 Å². The number of hydrogen-bond acceptors (Lipinski definition) is 7. The van der Waals surface area contributed by atoms with Crippen LogP contribution in [0.15, 0.2) is 73.3 Å². The number of rotatable bonds is 18. The molecule has 10 heteroatoms. The Hall–Kier alpha value is -4.60. The van der Waals surface area contributed by atoms with Crippen molar-refractivity contribution in [3.05, 3.63) is 101 Å². The van der Waals surface area contributed by atoms with Crippen molar-refractivity contribution in [1.29, 1.82) is 0 Å². The van der Waals surface area contributed by atoms with Crippen molar-refractivity contribution in [3.8, 4) is 17.2 Å². The Morgan fingerprint density at radius 3 is 2.02 bits per heavy atom. The number of esters is 3. The van der Waals surface area contributed by atoms with Gasteiger partial charge in [0.1, 0.15) is 17.2 Å². The number of hydrogen-bond donors (Lipinski definition) is 0. The zero-order valence-electron chi connectivity index (χ0n) is 26.8. The van der Waals surface area contributed by atoms with E-state index >= 15 is 0 Å². The average Bonchev–Trinajstić information content (AvgIpc) is 3.05. The van der Waals surface area contributed by atoms with Gasteiger partial charge in [0.15, 0.2) is 0 Å². The summed E-state index contributed by atoms with van der Waals surface area (Å²) in [6.45, 7) is 7.73. The largest absolute Gasteiger partial charge is 0.493 e. The van der Waals surface area contributed by atoms with E-state index in [1.54, 1.807) is 19.1 Å². The van der Waals surface area contributed by atoms with Crippen molar-refractivity contribution in [2.24, 2.45) is 0 Å². The minimum absolute atomic E-state index is 0.0164. The zero-order valence-corrected chi connectivity index (χ0v) is 26.8. The highest BCUT2D eigenvalue weighted by Crippen LogP contribution is 2.37. The fourth-order valence-corrected chi connectivity index (χ4v) is 4.68. The van der Waals surface area contributed by atoms with Crippen molar-refractivity contribution in [2.45, 2.75) is 77.8 Å². The van der Waals surface area contributed by atoms with E-state index in [0.717, 1.165) is 43.0 Å². The van der Waals surface area contributed by atoms with E-state index in [1.165, 1.54) is 43.9 Å². The molecule has 0 saturated heterocycles. The summed E-state index contributed by atoms with van der Waals surface area (Å²) in [5.41, 5.74) is 0.0447. The second-order valence-electron chi connectivity index (χ2n) is 11.1. The first-order chi connectivity index (χ1) is 22.5. The van der Waals surface area contributed by atoms with Crippen molar-refractivity contribution < 1.29 is 46.5 Å². The van der Waals surface area contributed by atoms with Crippen LogP contribution in [0.1, 0.15) is 95.7 Å². The molecule has 3 aromatic rings. The van der Waals surface area contributed by atoms with E-state index in [-0.39, 0.29) is 23.5 Å². The molecule has 0 radical (unpaired) electrons. The van der Waals surface area contributed by atoms with Crippen LogP contribution in [0, 0.1) is 6.92 Å². The Labute approximate surface area is 273 Å².